The highest BCUT2D eigenvalue weighted by atomic mass is 79.9. The molecule has 1 aromatic carbocycles. The number of aryl methyl sites for hydroxylation is 1. The first kappa shape index (κ1) is 14.8. The Hall–Kier alpha value is -1.23. The lowest BCUT2D eigenvalue weighted by Crippen LogP contribution is -2.32. The second-order valence-electron chi connectivity index (χ2n) is 4.74. The van der Waals surface area contributed by atoms with Gasteiger partial charge in [0.05, 0.1) is 6.54 Å². The quantitative estimate of drug-likeness (QED) is 0.732. The average Bonchev–Trinajstić information content (AvgIpc) is 2.29. The molecular formula is C13H20BrN3O. The van der Waals surface area contributed by atoms with Gasteiger partial charge in [0, 0.05) is 22.4 Å². The van der Waals surface area contributed by atoms with Gasteiger partial charge in [0.15, 0.2) is 0 Å². The first-order valence-corrected chi connectivity index (χ1v) is 6.75. The number of carbonyl (C=O) groups excluding carboxylic acids is 1. The molecule has 0 heterocycles. The minimum atomic E-state index is -0.00919. The predicted molar refractivity (Wildman–Crippen MR) is 79.6 cm³/mol. The molecule has 1 rings (SSSR count). The van der Waals surface area contributed by atoms with Gasteiger partial charge in [0.1, 0.15) is 0 Å². The number of carbonyl (C=O) groups is 1. The normalized spacial score (nSPS) is 10.5. The third-order valence-corrected chi connectivity index (χ3v) is 3.16. The van der Waals surface area contributed by atoms with E-state index in [1.54, 1.807) is 0 Å². The molecule has 1 aromatic rings. The van der Waals surface area contributed by atoms with Crippen LogP contribution >= 0.6 is 15.9 Å². The summed E-state index contributed by atoms with van der Waals surface area (Å²) in [5, 5.41) is 5.95. The van der Waals surface area contributed by atoms with Gasteiger partial charge in [-0.2, -0.15) is 0 Å². The molecule has 4 N–H and O–H groups in total. The van der Waals surface area contributed by atoms with Crippen molar-refractivity contribution in [2.75, 3.05) is 24.1 Å². The lowest BCUT2D eigenvalue weighted by Gasteiger charge is -2.12. The van der Waals surface area contributed by atoms with Crippen molar-refractivity contribution in [1.82, 2.24) is 5.32 Å². The fraction of sp³-hybridized carbons (Fsp3) is 0.462. The Balaban J connectivity index is 2.53. The smallest absolute Gasteiger partial charge is 0.239 e. The standard InChI is InChI=1S/C13H20BrN3O/c1-8(2)6-17-13(18)7-16-12-4-9(3)11(15)5-10(12)14/h4-5,8,16H,6-7,15H2,1-3H3,(H,17,18). The zero-order chi connectivity index (χ0) is 13.7. The van der Waals surface area contributed by atoms with Crippen molar-refractivity contribution in [2.24, 2.45) is 5.92 Å². The van der Waals surface area contributed by atoms with Crippen LogP contribution in [0.25, 0.3) is 0 Å². The van der Waals surface area contributed by atoms with Crippen LogP contribution < -0.4 is 16.4 Å². The summed E-state index contributed by atoms with van der Waals surface area (Å²) in [6, 6.07) is 3.76. The Morgan fingerprint density at radius 3 is 2.72 bits per heavy atom. The molecule has 1 amide bonds. The molecule has 0 aromatic heterocycles. The number of halogens is 1. The van der Waals surface area contributed by atoms with E-state index >= 15 is 0 Å². The summed E-state index contributed by atoms with van der Waals surface area (Å²) in [5.74, 6) is 0.449. The van der Waals surface area contributed by atoms with Gasteiger partial charge in [-0.15, -0.1) is 0 Å². The Bertz CT molecular complexity index is 432. The molecule has 0 spiro atoms. The van der Waals surface area contributed by atoms with E-state index in [2.05, 4.69) is 40.4 Å². The number of hydrogen-bond donors (Lipinski definition) is 3. The first-order chi connectivity index (χ1) is 8.40. The maximum Gasteiger partial charge on any atom is 0.239 e. The topological polar surface area (TPSA) is 67.2 Å². The SMILES string of the molecule is Cc1cc(NCC(=O)NCC(C)C)c(Br)cc1N. The van der Waals surface area contributed by atoms with Crippen molar-refractivity contribution >= 4 is 33.2 Å². The molecule has 0 fully saturated rings. The first-order valence-electron chi connectivity index (χ1n) is 5.96. The van der Waals surface area contributed by atoms with E-state index in [-0.39, 0.29) is 12.5 Å². The summed E-state index contributed by atoms with van der Waals surface area (Å²) in [4.78, 5) is 11.6. The monoisotopic (exact) mass is 313 g/mol. The maximum atomic E-state index is 11.6. The second-order valence-corrected chi connectivity index (χ2v) is 5.59. The van der Waals surface area contributed by atoms with Gasteiger partial charge in [-0.05, 0) is 46.5 Å². The molecular weight excluding hydrogens is 294 g/mol. The van der Waals surface area contributed by atoms with Crippen LogP contribution in [0.3, 0.4) is 0 Å². The third-order valence-electron chi connectivity index (χ3n) is 2.50. The molecule has 0 unspecified atom stereocenters. The molecule has 4 nitrogen and oxygen atoms in total. The van der Waals surface area contributed by atoms with E-state index in [1.165, 1.54) is 0 Å². The highest BCUT2D eigenvalue weighted by Crippen LogP contribution is 2.27. The summed E-state index contributed by atoms with van der Waals surface area (Å²) >= 11 is 3.42. The van der Waals surface area contributed by atoms with Gasteiger partial charge < -0.3 is 16.4 Å². The van der Waals surface area contributed by atoms with Crippen molar-refractivity contribution in [3.05, 3.63) is 22.2 Å². The van der Waals surface area contributed by atoms with Crippen LogP contribution in [-0.4, -0.2) is 19.0 Å². The van der Waals surface area contributed by atoms with E-state index < -0.39 is 0 Å². The Morgan fingerprint density at radius 1 is 1.44 bits per heavy atom. The number of nitrogen functional groups attached to an aromatic ring is 1. The number of benzene rings is 1. The molecule has 0 bridgehead atoms. The molecule has 0 radical (unpaired) electrons. The third kappa shape index (κ3) is 4.56. The van der Waals surface area contributed by atoms with E-state index in [4.69, 9.17) is 5.73 Å². The van der Waals surface area contributed by atoms with Crippen molar-refractivity contribution in [1.29, 1.82) is 0 Å². The largest absolute Gasteiger partial charge is 0.398 e. The number of amides is 1. The number of nitrogens with two attached hydrogens (primary N) is 1. The highest BCUT2D eigenvalue weighted by Gasteiger charge is 2.06. The maximum absolute atomic E-state index is 11.6. The number of anilines is 2. The summed E-state index contributed by atoms with van der Waals surface area (Å²) in [7, 11) is 0. The summed E-state index contributed by atoms with van der Waals surface area (Å²) in [6.07, 6.45) is 0. The fourth-order valence-electron chi connectivity index (χ4n) is 1.39. The molecule has 0 aliphatic heterocycles. The van der Waals surface area contributed by atoms with Crippen molar-refractivity contribution in [2.45, 2.75) is 20.8 Å². The Kier molecular flexibility index (Phi) is 5.47. The average molecular weight is 314 g/mol. The molecule has 0 aliphatic rings. The second kappa shape index (κ2) is 6.64. The minimum absolute atomic E-state index is 0.00919. The van der Waals surface area contributed by atoms with Crippen LogP contribution in [0.1, 0.15) is 19.4 Å². The van der Waals surface area contributed by atoms with E-state index in [0.29, 0.717) is 12.5 Å². The van der Waals surface area contributed by atoms with Crippen LogP contribution in [0, 0.1) is 12.8 Å². The van der Waals surface area contributed by atoms with Gasteiger partial charge >= 0.3 is 0 Å². The lowest BCUT2D eigenvalue weighted by atomic mass is 10.2. The highest BCUT2D eigenvalue weighted by molar-refractivity contribution is 9.10. The Morgan fingerprint density at radius 2 is 2.11 bits per heavy atom. The van der Waals surface area contributed by atoms with Crippen molar-refractivity contribution in [3.8, 4) is 0 Å². The summed E-state index contributed by atoms with van der Waals surface area (Å²) in [5.41, 5.74) is 8.39. The molecule has 0 aliphatic carbocycles. The van der Waals surface area contributed by atoms with Gasteiger partial charge in [0.25, 0.3) is 0 Å². The zero-order valence-corrected chi connectivity index (χ0v) is 12.6. The van der Waals surface area contributed by atoms with Gasteiger partial charge in [0.2, 0.25) is 5.91 Å². The van der Waals surface area contributed by atoms with E-state index in [0.717, 1.165) is 21.4 Å². The minimum Gasteiger partial charge on any atom is -0.398 e. The van der Waals surface area contributed by atoms with Crippen molar-refractivity contribution in [3.63, 3.8) is 0 Å². The number of rotatable bonds is 5. The molecule has 0 atom stereocenters. The molecule has 100 valence electrons. The lowest BCUT2D eigenvalue weighted by molar-refractivity contribution is -0.119. The van der Waals surface area contributed by atoms with Crippen LogP contribution in [0.15, 0.2) is 16.6 Å². The van der Waals surface area contributed by atoms with Gasteiger partial charge in [-0.3, -0.25) is 4.79 Å². The van der Waals surface area contributed by atoms with Gasteiger partial charge in [-0.1, -0.05) is 13.8 Å². The summed E-state index contributed by atoms with van der Waals surface area (Å²) < 4.78 is 0.863. The van der Waals surface area contributed by atoms with Crippen LogP contribution in [0.5, 0.6) is 0 Å². The Labute approximate surface area is 116 Å². The van der Waals surface area contributed by atoms with Crippen LogP contribution in [-0.2, 0) is 4.79 Å². The van der Waals surface area contributed by atoms with Crippen LogP contribution in [0.2, 0.25) is 0 Å². The van der Waals surface area contributed by atoms with E-state index in [1.807, 2.05) is 19.1 Å². The molecule has 18 heavy (non-hydrogen) atoms. The molecule has 0 saturated carbocycles. The van der Waals surface area contributed by atoms with Gasteiger partial charge in [-0.25, -0.2) is 0 Å². The fourth-order valence-corrected chi connectivity index (χ4v) is 1.89. The number of nitrogens with one attached hydrogen (secondary N) is 2. The molecule has 0 saturated heterocycles. The zero-order valence-electron chi connectivity index (χ0n) is 11.0. The van der Waals surface area contributed by atoms with Crippen LogP contribution in [0.4, 0.5) is 11.4 Å². The van der Waals surface area contributed by atoms with Crippen molar-refractivity contribution < 1.29 is 4.79 Å². The van der Waals surface area contributed by atoms with E-state index in [9.17, 15) is 4.79 Å². The number of hydrogen-bond acceptors (Lipinski definition) is 3. The predicted octanol–water partition coefficient (Wildman–Crippen LogP) is 2.52. The summed E-state index contributed by atoms with van der Waals surface area (Å²) in [6.45, 7) is 7.02. The molecule has 5 heteroatoms.